The van der Waals surface area contributed by atoms with E-state index in [1.165, 1.54) is 15.4 Å². The van der Waals surface area contributed by atoms with Crippen molar-refractivity contribution in [3.8, 4) is 0 Å². The van der Waals surface area contributed by atoms with Gasteiger partial charge in [0, 0.05) is 61.2 Å². The van der Waals surface area contributed by atoms with E-state index in [1.54, 1.807) is 30.3 Å². The molecule has 0 amide bonds. The number of piperidine rings is 1. The van der Waals surface area contributed by atoms with Crippen LogP contribution in [0.1, 0.15) is 18.4 Å². The SMILES string of the molecule is O=S(=O)(/C=C/c1ccc(Cl)cc1)N1CCN2CC3(CCN(c4ccncc4)CC3)OC2C1. The highest BCUT2D eigenvalue weighted by Crippen LogP contribution is 2.38. The first-order valence-corrected chi connectivity index (χ1v) is 12.8. The first-order chi connectivity index (χ1) is 15.4. The Morgan fingerprint density at radius 1 is 1.03 bits per heavy atom. The number of sulfonamides is 1. The molecule has 0 aliphatic carbocycles. The Hall–Kier alpha value is -1.97. The molecule has 0 radical (unpaired) electrons. The van der Waals surface area contributed by atoms with Crippen LogP contribution in [0.5, 0.6) is 0 Å². The molecule has 1 unspecified atom stereocenters. The summed E-state index contributed by atoms with van der Waals surface area (Å²) in [4.78, 5) is 8.77. The summed E-state index contributed by atoms with van der Waals surface area (Å²) in [5.41, 5.74) is 1.80. The van der Waals surface area contributed by atoms with Crippen molar-refractivity contribution in [3.63, 3.8) is 0 Å². The molecular weight excluding hydrogens is 448 g/mol. The van der Waals surface area contributed by atoms with Gasteiger partial charge in [-0.3, -0.25) is 9.88 Å². The van der Waals surface area contributed by atoms with Crippen molar-refractivity contribution in [3.05, 3.63) is 64.8 Å². The lowest BCUT2D eigenvalue weighted by Gasteiger charge is -2.39. The van der Waals surface area contributed by atoms with Gasteiger partial charge in [-0.15, -0.1) is 0 Å². The highest BCUT2D eigenvalue weighted by molar-refractivity contribution is 7.92. The van der Waals surface area contributed by atoms with Crippen LogP contribution in [0.4, 0.5) is 5.69 Å². The Morgan fingerprint density at radius 3 is 2.47 bits per heavy atom. The fourth-order valence-corrected chi connectivity index (χ4v) is 6.11. The third-order valence-electron chi connectivity index (χ3n) is 6.65. The van der Waals surface area contributed by atoms with Gasteiger partial charge in [0.2, 0.25) is 10.0 Å². The van der Waals surface area contributed by atoms with E-state index in [1.807, 2.05) is 24.5 Å². The molecule has 9 heteroatoms. The minimum Gasteiger partial charge on any atom is -0.371 e. The molecule has 0 saturated carbocycles. The quantitative estimate of drug-likeness (QED) is 0.678. The Kier molecular flexibility index (Phi) is 5.98. The van der Waals surface area contributed by atoms with Crippen LogP contribution < -0.4 is 4.90 Å². The van der Waals surface area contributed by atoms with Crippen molar-refractivity contribution in [2.24, 2.45) is 0 Å². The van der Waals surface area contributed by atoms with Gasteiger partial charge in [-0.25, -0.2) is 8.42 Å². The second-order valence-electron chi connectivity index (χ2n) is 8.68. The van der Waals surface area contributed by atoms with Crippen LogP contribution in [0.15, 0.2) is 54.2 Å². The second-order valence-corrected chi connectivity index (χ2v) is 10.9. The van der Waals surface area contributed by atoms with Crippen LogP contribution >= 0.6 is 11.6 Å². The van der Waals surface area contributed by atoms with Gasteiger partial charge in [-0.2, -0.15) is 4.31 Å². The largest absolute Gasteiger partial charge is 0.371 e. The molecule has 3 aliphatic rings. The zero-order valence-corrected chi connectivity index (χ0v) is 19.4. The molecule has 1 aromatic heterocycles. The molecule has 7 nitrogen and oxygen atoms in total. The van der Waals surface area contributed by atoms with Crippen LogP contribution in [0, 0.1) is 0 Å². The van der Waals surface area contributed by atoms with Crippen LogP contribution in [0.3, 0.4) is 0 Å². The molecule has 1 aromatic carbocycles. The highest BCUT2D eigenvalue weighted by atomic mass is 35.5. The topological polar surface area (TPSA) is 66.0 Å². The summed E-state index contributed by atoms with van der Waals surface area (Å²) in [6, 6.07) is 11.2. The van der Waals surface area contributed by atoms with Crippen LogP contribution in [-0.2, 0) is 14.8 Å². The summed E-state index contributed by atoms with van der Waals surface area (Å²) in [6.07, 6.45) is 6.95. The van der Waals surface area contributed by atoms with Gasteiger partial charge in [0.15, 0.2) is 0 Å². The molecule has 0 bridgehead atoms. The average Bonchev–Trinajstić information content (AvgIpc) is 3.16. The number of hydrogen-bond donors (Lipinski definition) is 0. The molecule has 3 fully saturated rings. The average molecular weight is 475 g/mol. The van der Waals surface area contributed by atoms with Crippen LogP contribution in [-0.4, -0.2) is 73.7 Å². The number of halogens is 1. The molecule has 1 atom stereocenters. The third kappa shape index (κ3) is 4.56. The third-order valence-corrected chi connectivity index (χ3v) is 8.43. The van der Waals surface area contributed by atoms with Crippen molar-refractivity contribution >= 4 is 33.4 Å². The van der Waals surface area contributed by atoms with Crippen molar-refractivity contribution in [1.29, 1.82) is 0 Å². The van der Waals surface area contributed by atoms with Gasteiger partial charge in [0.25, 0.3) is 0 Å². The Labute approximate surface area is 194 Å². The lowest BCUT2D eigenvalue weighted by Crippen LogP contribution is -2.52. The molecular formula is C23H27ClN4O3S. The van der Waals surface area contributed by atoms with Crippen molar-refractivity contribution in [1.82, 2.24) is 14.2 Å². The molecule has 3 aliphatic heterocycles. The van der Waals surface area contributed by atoms with Gasteiger partial charge in [0.05, 0.1) is 12.1 Å². The molecule has 32 heavy (non-hydrogen) atoms. The van der Waals surface area contributed by atoms with E-state index in [2.05, 4.69) is 14.8 Å². The predicted octanol–water partition coefficient (Wildman–Crippen LogP) is 3.05. The summed E-state index contributed by atoms with van der Waals surface area (Å²) in [5.74, 6) is 0. The molecule has 1 spiro atoms. The van der Waals surface area contributed by atoms with E-state index in [0.717, 1.165) is 38.0 Å². The lowest BCUT2D eigenvalue weighted by atomic mass is 9.91. The first-order valence-electron chi connectivity index (χ1n) is 10.9. The monoisotopic (exact) mass is 474 g/mol. The molecule has 2 aromatic rings. The minimum absolute atomic E-state index is 0.185. The second kappa shape index (κ2) is 8.76. The van der Waals surface area contributed by atoms with Crippen LogP contribution in [0.25, 0.3) is 6.08 Å². The van der Waals surface area contributed by atoms with Gasteiger partial charge in [-0.05, 0) is 48.7 Å². The number of ether oxygens (including phenoxy) is 1. The fraction of sp³-hybridized carbons (Fsp3) is 0.435. The molecule has 3 saturated heterocycles. The van der Waals surface area contributed by atoms with Gasteiger partial charge < -0.3 is 9.64 Å². The number of hydrogen-bond acceptors (Lipinski definition) is 6. The maximum atomic E-state index is 12.9. The van der Waals surface area contributed by atoms with Crippen LogP contribution in [0.2, 0.25) is 5.02 Å². The first kappa shape index (κ1) is 21.9. The zero-order valence-electron chi connectivity index (χ0n) is 17.8. The molecule has 170 valence electrons. The standard InChI is InChI=1S/C23H27ClN4O3S/c24-20-3-1-19(2-4-20)7-16-32(29,30)28-15-14-27-18-23(31-22(27)17-28)8-12-26(13-9-23)21-5-10-25-11-6-21/h1-7,10-11,16,22H,8-9,12-15,17-18H2/b16-7+. The van der Waals surface area contributed by atoms with Crippen molar-refractivity contribution in [2.75, 3.05) is 44.2 Å². The number of rotatable bonds is 4. The maximum absolute atomic E-state index is 12.9. The summed E-state index contributed by atoms with van der Waals surface area (Å²) in [6.45, 7) is 4.26. The zero-order chi connectivity index (χ0) is 22.2. The predicted molar refractivity (Wildman–Crippen MR) is 126 cm³/mol. The highest BCUT2D eigenvalue weighted by Gasteiger charge is 2.49. The molecule has 5 rings (SSSR count). The smallest absolute Gasteiger partial charge is 0.236 e. The van der Waals surface area contributed by atoms with E-state index in [0.29, 0.717) is 24.7 Å². The van der Waals surface area contributed by atoms with Crippen molar-refractivity contribution in [2.45, 2.75) is 24.7 Å². The summed E-state index contributed by atoms with van der Waals surface area (Å²) < 4.78 is 33.9. The normalized spacial score (nSPS) is 24.3. The number of nitrogens with zero attached hydrogens (tertiary/aromatic N) is 4. The van der Waals surface area contributed by atoms with E-state index in [-0.39, 0.29) is 11.8 Å². The number of anilines is 1. The maximum Gasteiger partial charge on any atom is 0.236 e. The Balaban J connectivity index is 1.21. The van der Waals surface area contributed by atoms with Gasteiger partial charge in [-0.1, -0.05) is 23.7 Å². The van der Waals surface area contributed by atoms with E-state index in [4.69, 9.17) is 16.3 Å². The number of pyridine rings is 1. The van der Waals surface area contributed by atoms with Gasteiger partial charge >= 0.3 is 0 Å². The lowest BCUT2D eigenvalue weighted by molar-refractivity contribution is -0.0820. The minimum atomic E-state index is -3.52. The number of piperazine rings is 1. The summed E-state index contributed by atoms with van der Waals surface area (Å²) in [5, 5.41) is 1.91. The van der Waals surface area contributed by atoms with Crippen molar-refractivity contribution < 1.29 is 13.2 Å². The number of fused-ring (bicyclic) bond motifs is 1. The Morgan fingerprint density at radius 2 is 1.75 bits per heavy atom. The molecule has 0 N–H and O–H groups in total. The van der Waals surface area contributed by atoms with Gasteiger partial charge in [0.1, 0.15) is 6.23 Å². The summed E-state index contributed by atoms with van der Waals surface area (Å²) >= 11 is 5.90. The fourth-order valence-electron chi connectivity index (χ4n) is 4.81. The van der Waals surface area contributed by atoms with E-state index in [9.17, 15) is 8.42 Å². The summed E-state index contributed by atoms with van der Waals surface area (Å²) in [7, 11) is -3.52. The number of benzene rings is 1. The van der Waals surface area contributed by atoms with E-state index >= 15 is 0 Å². The Bertz CT molecular complexity index is 1070. The van der Waals surface area contributed by atoms with E-state index < -0.39 is 10.0 Å². The molecule has 4 heterocycles. The number of aromatic nitrogens is 1.